The number of carbonyl (C=O) groups excluding carboxylic acids is 1. The zero-order chi connectivity index (χ0) is 18.9. The van der Waals surface area contributed by atoms with Crippen molar-refractivity contribution in [2.45, 2.75) is 19.3 Å². The van der Waals surface area contributed by atoms with Crippen molar-refractivity contribution in [2.75, 3.05) is 19.7 Å². The molecule has 4 heteroatoms. The van der Waals surface area contributed by atoms with Crippen LogP contribution in [0.25, 0.3) is 6.08 Å². The average Bonchev–Trinajstić information content (AvgIpc) is 2.72. The molecule has 1 aliphatic heterocycles. The molecule has 0 unspecified atom stereocenters. The number of piperidine rings is 1. The fraction of sp³-hybridized carbons (Fsp3) is 0.304. The molecular formula is C23H24N2O2. The minimum absolute atomic E-state index is 0.0356. The summed E-state index contributed by atoms with van der Waals surface area (Å²) in [5.41, 5.74) is 2.32. The lowest BCUT2D eigenvalue weighted by atomic mass is 9.90. The van der Waals surface area contributed by atoms with E-state index in [0.29, 0.717) is 11.7 Å². The summed E-state index contributed by atoms with van der Waals surface area (Å²) in [7, 11) is 0. The number of nitriles is 1. The molecule has 1 aliphatic rings. The van der Waals surface area contributed by atoms with Gasteiger partial charge in [-0.05, 0) is 54.5 Å². The van der Waals surface area contributed by atoms with E-state index in [1.807, 2.05) is 35.2 Å². The van der Waals surface area contributed by atoms with Crippen molar-refractivity contribution in [3.05, 3.63) is 71.8 Å². The van der Waals surface area contributed by atoms with Crippen LogP contribution in [-0.2, 0) is 11.2 Å². The Balaban J connectivity index is 1.46. The second-order valence-electron chi connectivity index (χ2n) is 6.81. The van der Waals surface area contributed by atoms with Gasteiger partial charge in [0.2, 0.25) is 5.91 Å². The highest BCUT2D eigenvalue weighted by Gasteiger charge is 2.21. The Bertz CT molecular complexity index is 799. The van der Waals surface area contributed by atoms with Gasteiger partial charge in [-0.1, -0.05) is 42.5 Å². The molecule has 4 nitrogen and oxygen atoms in total. The number of carbonyl (C=O) groups is 1. The van der Waals surface area contributed by atoms with Crippen molar-refractivity contribution in [1.82, 2.24) is 4.90 Å². The van der Waals surface area contributed by atoms with E-state index >= 15 is 0 Å². The molecule has 0 aliphatic carbocycles. The van der Waals surface area contributed by atoms with Gasteiger partial charge in [-0.15, -0.1) is 0 Å². The van der Waals surface area contributed by atoms with Crippen LogP contribution in [0.4, 0.5) is 0 Å². The maximum absolute atomic E-state index is 12.4. The van der Waals surface area contributed by atoms with Gasteiger partial charge in [0.05, 0.1) is 0 Å². The van der Waals surface area contributed by atoms with Crippen molar-refractivity contribution in [2.24, 2.45) is 5.92 Å². The zero-order valence-electron chi connectivity index (χ0n) is 15.4. The standard InChI is InChI=1S/C23H24N2O2/c24-14-17-27-22-9-6-19(7-10-22)8-11-23(26)25-15-12-21(13-16-25)18-20-4-2-1-3-5-20/h1-11,21H,12-13,15-18H2. The second-order valence-corrected chi connectivity index (χ2v) is 6.81. The smallest absolute Gasteiger partial charge is 0.246 e. The van der Waals surface area contributed by atoms with Crippen LogP contribution in [0.15, 0.2) is 60.7 Å². The molecule has 0 bridgehead atoms. The van der Waals surface area contributed by atoms with E-state index in [9.17, 15) is 4.79 Å². The normalized spacial score (nSPS) is 14.9. The summed E-state index contributed by atoms with van der Waals surface area (Å²) >= 11 is 0. The van der Waals surface area contributed by atoms with Crippen molar-refractivity contribution in [3.8, 4) is 11.8 Å². The summed E-state index contributed by atoms with van der Waals surface area (Å²) in [4.78, 5) is 14.4. The fourth-order valence-corrected chi connectivity index (χ4v) is 3.37. The molecule has 138 valence electrons. The molecule has 0 aromatic heterocycles. The molecule has 0 atom stereocenters. The lowest BCUT2D eigenvalue weighted by Crippen LogP contribution is -2.37. The number of hydrogen-bond acceptors (Lipinski definition) is 3. The Morgan fingerprint density at radius 2 is 1.81 bits per heavy atom. The van der Waals surface area contributed by atoms with Gasteiger partial charge in [-0.25, -0.2) is 0 Å². The van der Waals surface area contributed by atoms with Gasteiger partial charge in [0.1, 0.15) is 11.8 Å². The first-order valence-corrected chi connectivity index (χ1v) is 9.35. The summed E-state index contributed by atoms with van der Waals surface area (Å²) in [5.74, 6) is 1.37. The van der Waals surface area contributed by atoms with Crippen LogP contribution in [-0.4, -0.2) is 30.5 Å². The van der Waals surface area contributed by atoms with Crippen LogP contribution < -0.4 is 4.74 Å². The van der Waals surface area contributed by atoms with Gasteiger partial charge in [-0.3, -0.25) is 4.79 Å². The van der Waals surface area contributed by atoms with Crippen LogP contribution in [0.5, 0.6) is 5.75 Å². The fourth-order valence-electron chi connectivity index (χ4n) is 3.37. The quantitative estimate of drug-likeness (QED) is 0.729. The first-order valence-electron chi connectivity index (χ1n) is 9.35. The molecule has 1 fully saturated rings. The lowest BCUT2D eigenvalue weighted by Gasteiger charge is -2.31. The topological polar surface area (TPSA) is 53.3 Å². The van der Waals surface area contributed by atoms with E-state index < -0.39 is 0 Å². The second kappa shape index (κ2) is 9.59. The van der Waals surface area contributed by atoms with Gasteiger partial charge < -0.3 is 9.64 Å². The molecule has 1 amide bonds. The first kappa shape index (κ1) is 18.7. The summed E-state index contributed by atoms with van der Waals surface area (Å²) in [6.45, 7) is 1.68. The van der Waals surface area contributed by atoms with E-state index in [1.54, 1.807) is 18.2 Å². The molecule has 3 rings (SSSR count). The summed E-state index contributed by atoms with van der Waals surface area (Å²) in [5, 5.41) is 8.51. The van der Waals surface area contributed by atoms with Gasteiger partial charge in [-0.2, -0.15) is 5.26 Å². The molecule has 1 heterocycles. The molecule has 1 saturated heterocycles. The lowest BCUT2D eigenvalue weighted by molar-refractivity contribution is -0.127. The highest BCUT2D eigenvalue weighted by Crippen LogP contribution is 2.22. The van der Waals surface area contributed by atoms with Crippen molar-refractivity contribution < 1.29 is 9.53 Å². The van der Waals surface area contributed by atoms with Gasteiger partial charge in [0.25, 0.3) is 0 Å². The van der Waals surface area contributed by atoms with Crippen LogP contribution in [0.3, 0.4) is 0 Å². The molecule has 2 aromatic carbocycles. The van der Waals surface area contributed by atoms with Crippen LogP contribution in [0, 0.1) is 17.2 Å². The third-order valence-electron chi connectivity index (χ3n) is 4.90. The molecule has 0 spiro atoms. The molecule has 0 radical (unpaired) electrons. The van der Waals surface area contributed by atoms with Crippen molar-refractivity contribution in [3.63, 3.8) is 0 Å². The molecular weight excluding hydrogens is 336 g/mol. The predicted octanol–water partition coefficient (Wildman–Crippen LogP) is 4.08. The highest BCUT2D eigenvalue weighted by atomic mass is 16.5. The number of benzene rings is 2. The predicted molar refractivity (Wildman–Crippen MR) is 106 cm³/mol. The number of rotatable bonds is 6. The van der Waals surface area contributed by atoms with Crippen LogP contribution in [0.1, 0.15) is 24.0 Å². The number of hydrogen-bond donors (Lipinski definition) is 0. The maximum atomic E-state index is 12.4. The first-order chi connectivity index (χ1) is 13.2. The summed E-state index contributed by atoms with van der Waals surface area (Å²) < 4.78 is 5.22. The van der Waals surface area contributed by atoms with Crippen molar-refractivity contribution in [1.29, 1.82) is 5.26 Å². The Morgan fingerprint density at radius 1 is 1.11 bits per heavy atom. The average molecular weight is 360 g/mol. The Labute approximate surface area is 160 Å². The minimum atomic E-state index is 0.0356. The van der Waals surface area contributed by atoms with E-state index in [1.165, 1.54) is 5.56 Å². The number of amides is 1. The maximum Gasteiger partial charge on any atom is 0.246 e. The molecule has 2 aromatic rings. The van der Waals surface area contributed by atoms with E-state index in [-0.39, 0.29) is 12.5 Å². The third-order valence-corrected chi connectivity index (χ3v) is 4.90. The Kier molecular flexibility index (Phi) is 6.65. The summed E-state index contributed by atoms with van der Waals surface area (Å²) in [6, 6.07) is 19.9. The zero-order valence-corrected chi connectivity index (χ0v) is 15.4. The number of likely N-dealkylation sites (tertiary alicyclic amines) is 1. The molecule has 27 heavy (non-hydrogen) atoms. The van der Waals surface area contributed by atoms with Crippen molar-refractivity contribution >= 4 is 12.0 Å². The number of ether oxygens (including phenoxy) is 1. The molecule has 0 N–H and O–H groups in total. The monoisotopic (exact) mass is 360 g/mol. The highest BCUT2D eigenvalue weighted by molar-refractivity contribution is 5.91. The SMILES string of the molecule is N#CCOc1ccc(C=CC(=O)N2CCC(Cc3ccccc3)CC2)cc1. The number of nitrogens with zero attached hydrogens (tertiary/aromatic N) is 2. The Hall–Kier alpha value is -3.06. The van der Waals surface area contributed by atoms with Gasteiger partial charge in [0, 0.05) is 19.2 Å². The van der Waals surface area contributed by atoms with Gasteiger partial charge >= 0.3 is 0 Å². The van der Waals surface area contributed by atoms with Crippen LogP contribution >= 0.6 is 0 Å². The Morgan fingerprint density at radius 3 is 2.48 bits per heavy atom. The summed E-state index contributed by atoms with van der Waals surface area (Å²) in [6.07, 6.45) is 6.67. The van der Waals surface area contributed by atoms with E-state index in [2.05, 4.69) is 24.3 Å². The van der Waals surface area contributed by atoms with Gasteiger partial charge in [0.15, 0.2) is 6.61 Å². The van der Waals surface area contributed by atoms with E-state index in [4.69, 9.17) is 10.00 Å². The van der Waals surface area contributed by atoms with Crippen LogP contribution in [0.2, 0.25) is 0 Å². The minimum Gasteiger partial charge on any atom is -0.479 e. The van der Waals surface area contributed by atoms with E-state index in [0.717, 1.165) is 37.9 Å². The molecule has 0 saturated carbocycles. The third kappa shape index (κ3) is 5.72. The largest absolute Gasteiger partial charge is 0.479 e.